The third-order valence-electron chi connectivity index (χ3n) is 1.14. The molecule has 6 nitrogen and oxygen atoms in total. The van der Waals surface area contributed by atoms with Crippen molar-refractivity contribution in [2.24, 2.45) is 5.73 Å². The second-order valence-corrected chi connectivity index (χ2v) is 2.29. The molecular formula is C8H12N4O2. The van der Waals surface area contributed by atoms with Gasteiger partial charge in [0.05, 0.1) is 0 Å². The zero-order valence-electron chi connectivity index (χ0n) is 7.44. The Labute approximate surface area is 81.1 Å². The van der Waals surface area contributed by atoms with Crippen molar-refractivity contribution in [3.05, 3.63) is 24.3 Å². The average molecular weight is 196 g/mol. The smallest absolute Gasteiger partial charge is 0.318 e. The highest BCUT2D eigenvalue weighted by Crippen LogP contribution is 2.04. The molecule has 0 heterocycles. The summed E-state index contributed by atoms with van der Waals surface area (Å²) in [5, 5.41) is 1.67. The third-order valence-corrected chi connectivity index (χ3v) is 1.14. The molecule has 1 aromatic rings. The van der Waals surface area contributed by atoms with E-state index in [1.165, 1.54) is 0 Å². The molecule has 0 fully saturated rings. The van der Waals surface area contributed by atoms with Gasteiger partial charge in [-0.3, -0.25) is 10.1 Å². The van der Waals surface area contributed by atoms with Crippen LogP contribution in [-0.4, -0.2) is 12.4 Å². The summed E-state index contributed by atoms with van der Waals surface area (Å²) in [5.41, 5.74) is 16.7. The highest BCUT2D eigenvalue weighted by Gasteiger charge is 1.80. The van der Waals surface area contributed by atoms with Gasteiger partial charge in [-0.25, -0.2) is 4.79 Å². The van der Waals surface area contributed by atoms with Gasteiger partial charge in [-0.1, -0.05) is 0 Å². The fourth-order valence-electron chi connectivity index (χ4n) is 0.554. The third kappa shape index (κ3) is 6.47. The monoisotopic (exact) mass is 196 g/mol. The van der Waals surface area contributed by atoms with Crippen LogP contribution in [0.15, 0.2) is 24.3 Å². The van der Waals surface area contributed by atoms with Gasteiger partial charge in [0.15, 0.2) is 0 Å². The van der Waals surface area contributed by atoms with Crippen LogP contribution >= 0.6 is 0 Å². The number of rotatable bonds is 1. The lowest BCUT2D eigenvalue weighted by Crippen LogP contribution is -2.27. The van der Waals surface area contributed by atoms with E-state index in [0.717, 1.165) is 11.4 Å². The average Bonchev–Trinajstić information content (AvgIpc) is 2.11. The van der Waals surface area contributed by atoms with Gasteiger partial charge in [-0.2, -0.15) is 0 Å². The molecule has 0 saturated carbocycles. The molecule has 0 aliphatic carbocycles. The van der Waals surface area contributed by atoms with Crippen molar-refractivity contribution < 1.29 is 9.59 Å². The largest absolute Gasteiger partial charge is 0.399 e. The minimum absolute atomic E-state index is 0.225. The topological polar surface area (TPSA) is 124 Å². The van der Waals surface area contributed by atoms with Gasteiger partial charge in [-0.15, -0.1) is 0 Å². The Bertz CT molecular complexity index is 276. The Morgan fingerprint density at radius 1 is 1.14 bits per heavy atom. The van der Waals surface area contributed by atoms with E-state index in [1.807, 2.05) is 0 Å². The van der Waals surface area contributed by atoms with Crippen LogP contribution in [0, 0.1) is 0 Å². The Morgan fingerprint density at radius 2 is 1.50 bits per heavy atom. The second-order valence-electron chi connectivity index (χ2n) is 2.29. The lowest BCUT2D eigenvalue weighted by Gasteiger charge is -1.90. The van der Waals surface area contributed by atoms with E-state index in [4.69, 9.17) is 11.5 Å². The fourth-order valence-corrected chi connectivity index (χ4v) is 0.554. The SMILES string of the molecule is NC(=O)NC=O.Nc1ccc(N)cc1. The summed E-state index contributed by atoms with van der Waals surface area (Å²) < 4.78 is 0. The van der Waals surface area contributed by atoms with Crippen molar-refractivity contribution >= 4 is 23.8 Å². The first-order chi connectivity index (χ1) is 6.56. The maximum absolute atomic E-state index is 9.48. The molecule has 1 aromatic carbocycles. The molecule has 14 heavy (non-hydrogen) atoms. The van der Waals surface area contributed by atoms with Crippen molar-refractivity contribution in [1.82, 2.24) is 5.32 Å². The van der Waals surface area contributed by atoms with Crippen LogP contribution in [-0.2, 0) is 4.79 Å². The Hall–Kier alpha value is -2.24. The van der Waals surface area contributed by atoms with Gasteiger partial charge >= 0.3 is 6.03 Å². The van der Waals surface area contributed by atoms with Crippen LogP contribution in [0.2, 0.25) is 0 Å². The van der Waals surface area contributed by atoms with Gasteiger partial charge in [-0.05, 0) is 24.3 Å². The normalized spacial score (nSPS) is 8.00. The first-order valence-corrected chi connectivity index (χ1v) is 3.67. The molecule has 0 spiro atoms. The fraction of sp³-hybridized carbons (Fsp3) is 0. The van der Waals surface area contributed by atoms with E-state index in [0.29, 0.717) is 0 Å². The lowest BCUT2D eigenvalue weighted by atomic mass is 10.3. The van der Waals surface area contributed by atoms with Crippen molar-refractivity contribution in [2.75, 3.05) is 11.5 Å². The molecular weight excluding hydrogens is 184 g/mol. The van der Waals surface area contributed by atoms with Gasteiger partial charge in [0, 0.05) is 11.4 Å². The predicted octanol–water partition coefficient (Wildman–Crippen LogP) is -0.338. The van der Waals surface area contributed by atoms with E-state index < -0.39 is 6.03 Å². The van der Waals surface area contributed by atoms with E-state index >= 15 is 0 Å². The summed E-state index contributed by atoms with van der Waals surface area (Å²) in [4.78, 5) is 18.7. The molecule has 7 N–H and O–H groups in total. The molecule has 1 rings (SSSR count). The Kier molecular flexibility index (Phi) is 5.29. The number of carbonyl (C=O) groups is 2. The van der Waals surface area contributed by atoms with E-state index in [-0.39, 0.29) is 6.41 Å². The Morgan fingerprint density at radius 3 is 1.64 bits per heavy atom. The molecule has 0 radical (unpaired) electrons. The molecule has 0 bridgehead atoms. The van der Waals surface area contributed by atoms with Crippen molar-refractivity contribution in [1.29, 1.82) is 0 Å². The highest BCUT2D eigenvalue weighted by molar-refractivity contribution is 5.82. The number of primary amides is 1. The molecule has 76 valence electrons. The second kappa shape index (κ2) is 6.30. The van der Waals surface area contributed by atoms with Crippen LogP contribution in [0.25, 0.3) is 0 Å². The molecule has 0 aliphatic rings. The number of benzene rings is 1. The van der Waals surface area contributed by atoms with Gasteiger partial charge < -0.3 is 17.2 Å². The highest BCUT2D eigenvalue weighted by atomic mass is 16.2. The minimum atomic E-state index is -0.829. The molecule has 0 aromatic heterocycles. The van der Waals surface area contributed by atoms with Crippen molar-refractivity contribution in [3.8, 4) is 0 Å². The van der Waals surface area contributed by atoms with Crippen LogP contribution in [0.3, 0.4) is 0 Å². The number of nitrogen functional groups attached to an aromatic ring is 2. The maximum Gasteiger partial charge on any atom is 0.318 e. The van der Waals surface area contributed by atoms with Gasteiger partial charge in [0.1, 0.15) is 0 Å². The molecule has 6 heteroatoms. The zero-order valence-corrected chi connectivity index (χ0v) is 7.44. The zero-order chi connectivity index (χ0) is 11.0. The van der Waals surface area contributed by atoms with Crippen molar-refractivity contribution in [2.45, 2.75) is 0 Å². The van der Waals surface area contributed by atoms with E-state index in [1.54, 1.807) is 29.6 Å². The number of nitrogens with two attached hydrogens (primary N) is 3. The maximum atomic E-state index is 9.48. The Balaban J connectivity index is 0.000000255. The van der Waals surface area contributed by atoms with Crippen LogP contribution in [0.1, 0.15) is 0 Å². The number of imide groups is 1. The lowest BCUT2D eigenvalue weighted by molar-refractivity contribution is -0.108. The molecule has 0 atom stereocenters. The van der Waals surface area contributed by atoms with Gasteiger partial charge in [0.2, 0.25) is 6.41 Å². The van der Waals surface area contributed by atoms with Crippen LogP contribution in [0.5, 0.6) is 0 Å². The summed E-state index contributed by atoms with van der Waals surface area (Å²) in [5.74, 6) is 0. The molecule has 0 saturated heterocycles. The van der Waals surface area contributed by atoms with Gasteiger partial charge in [0.25, 0.3) is 0 Å². The quantitative estimate of drug-likeness (QED) is 0.362. The summed E-state index contributed by atoms with van der Waals surface area (Å²) in [7, 11) is 0. The van der Waals surface area contributed by atoms with Crippen molar-refractivity contribution in [3.63, 3.8) is 0 Å². The number of anilines is 2. The van der Waals surface area contributed by atoms with Crippen LogP contribution in [0.4, 0.5) is 16.2 Å². The summed E-state index contributed by atoms with van der Waals surface area (Å²) >= 11 is 0. The van der Waals surface area contributed by atoms with Crippen LogP contribution < -0.4 is 22.5 Å². The molecule has 3 amide bonds. The standard InChI is InChI=1S/C6H8N2.C2H4N2O2/c7-5-1-2-6(8)4-3-5;3-2(6)4-1-5/h1-4H,7-8H2;1H,(H3,3,4,5,6). The summed E-state index contributed by atoms with van der Waals surface area (Å²) in [6.07, 6.45) is 0.225. The summed E-state index contributed by atoms with van der Waals surface area (Å²) in [6.45, 7) is 0. The minimum Gasteiger partial charge on any atom is -0.399 e. The first-order valence-electron chi connectivity index (χ1n) is 3.67. The number of hydrogen-bond acceptors (Lipinski definition) is 4. The first kappa shape index (κ1) is 11.8. The van der Waals surface area contributed by atoms with E-state index in [2.05, 4.69) is 5.73 Å². The number of amides is 3. The number of nitrogens with one attached hydrogen (secondary N) is 1. The number of carbonyl (C=O) groups excluding carboxylic acids is 2. The number of urea groups is 1. The molecule has 0 unspecified atom stereocenters. The van der Waals surface area contributed by atoms with E-state index in [9.17, 15) is 9.59 Å². The number of hydrogen-bond donors (Lipinski definition) is 4. The summed E-state index contributed by atoms with van der Waals surface area (Å²) in [6, 6.07) is 6.26. The molecule has 0 aliphatic heterocycles. The predicted molar refractivity (Wildman–Crippen MR) is 54.0 cm³/mol.